The Morgan fingerprint density at radius 1 is 1.47 bits per heavy atom. The predicted molar refractivity (Wildman–Crippen MR) is 64.1 cm³/mol. The van der Waals surface area contributed by atoms with E-state index in [1.54, 1.807) is 0 Å². The third-order valence-electron chi connectivity index (χ3n) is 3.12. The van der Waals surface area contributed by atoms with Gasteiger partial charge < -0.3 is 10.2 Å². The minimum Gasteiger partial charge on any atom is -0.337 e. The number of carbonyl (C=O) groups is 1. The minimum absolute atomic E-state index is 0.0793. The van der Waals surface area contributed by atoms with Gasteiger partial charge in [-0.05, 0) is 18.6 Å². The maximum Gasteiger partial charge on any atom is 0.240 e. The average molecular weight is 228 g/mol. The second kappa shape index (κ2) is 4.74. The second-order valence-electron chi connectivity index (χ2n) is 4.71. The number of hydrogen-bond donors (Lipinski definition) is 1. The van der Waals surface area contributed by atoms with E-state index in [0.717, 1.165) is 18.7 Å². The van der Waals surface area contributed by atoms with Gasteiger partial charge in [0.05, 0.1) is 6.04 Å². The molecule has 2 atom stereocenters. The summed E-state index contributed by atoms with van der Waals surface area (Å²) in [6, 6.07) is 0.994. The molecule has 1 amide bonds. The van der Waals surface area contributed by atoms with Gasteiger partial charge in [0.2, 0.25) is 5.91 Å². The Morgan fingerprint density at radius 2 is 2.27 bits per heavy atom. The maximum absolute atomic E-state index is 12.1. The molecule has 0 bridgehead atoms. The summed E-state index contributed by atoms with van der Waals surface area (Å²) < 4.78 is 0. The van der Waals surface area contributed by atoms with Crippen molar-refractivity contribution in [1.82, 2.24) is 10.2 Å². The van der Waals surface area contributed by atoms with Gasteiger partial charge in [-0.15, -0.1) is 0 Å². The molecule has 2 fully saturated rings. The molecule has 2 aliphatic heterocycles. The van der Waals surface area contributed by atoms with Gasteiger partial charge in [-0.2, -0.15) is 11.8 Å². The Labute approximate surface area is 96.0 Å². The zero-order chi connectivity index (χ0) is 10.8. The standard InChI is InChI=1S/C11H20N2OS/c1-8(2)12-10-3-5-13(11(10)14)9-4-6-15-7-9/h8-10,12H,3-7H2,1-2H3. The van der Waals surface area contributed by atoms with Crippen LogP contribution in [-0.2, 0) is 4.79 Å². The van der Waals surface area contributed by atoms with Crippen LogP contribution >= 0.6 is 11.8 Å². The molecular formula is C11H20N2OS. The fraction of sp³-hybridized carbons (Fsp3) is 0.909. The number of nitrogens with zero attached hydrogens (tertiary/aromatic N) is 1. The molecule has 15 heavy (non-hydrogen) atoms. The molecule has 2 heterocycles. The number of thioether (sulfide) groups is 1. The van der Waals surface area contributed by atoms with Crippen molar-refractivity contribution in [2.24, 2.45) is 0 Å². The van der Waals surface area contributed by atoms with Crippen LogP contribution < -0.4 is 5.32 Å². The largest absolute Gasteiger partial charge is 0.337 e. The van der Waals surface area contributed by atoms with Gasteiger partial charge in [0.25, 0.3) is 0 Å². The molecule has 0 radical (unpaired) electrons. The lowest BCUT2D eigenvalue weighted by molar-refractivity contribution is -0.131. The summed E-state index contributed by atoms with van der Waals surface area (Å²) in [6.07, 6.45) is 2.17. The van der Waals surface area contributed by atoms with E-state index in [9.17, 15) is 4.79 Å². The molecule has 0 aromatic heterocycles. The van der Waals surface area contributed by atoms with Crippen LogP contribution in [0.15, 0.2) is 0 Å². The zero-order valence-corrected chi connectivity index (χ0v) is 10.3. The van der Waals surface area contributed by atoms with Crippen LogP contribution in [0.25, 0.3) is 0 Å². The second-order valence-corrected chi connectivity index (χ2v) is 5.86. The van der Waals surface area contributed by atoms with Gasteiger partial charge in [-0.1, -0.05) is 13.8 Å². The number of hydrogen-bond acceptors (Lipinski definition) is 3. The molecule has 0 aliphatic carbocycles. The summed E-state index contributed by atoms with van der Waals surface area (Å²) in [5, 5.41) is 3.35. The lowest BCUT2D eigenvalue weighted by Crippen LogP contribution is -2.44. The zero-order valence-electron chi connectivity index (χ0n) is 9.53. The number of rotatable bonds is 3. The molecule has 0 saturated carbocycles. The van der Waals surface area contributed by atoms with Crippen molar-refractivity contribution in [3.63, 3.8) is 0 Å². The average Bonchev–Trinajstić information content (AvgIpc) is 2.76. The van der Waals surface area contributed by atoms with E-state index < -0.39 is 0 Å². The van der Waals surface area contributed by atoms with Crippen molar-refractivity contribution in [3.8, 4) is 0 Å². The van der Waals surface area contributed by atoms with Crippen molar-refractivity contribution < 1.29 is 4.79 Å². The minimum atomic E-state index is 0.0793. The fourth-order valence-corrected chi connectivity index (χ4v) is 3.61. The number of carbonyl (C=O) groups excluding carboxylic acids is 1. The van der Waals surface area contributed by atoms with Crippen LogP contribution in [0.2, 0.25) is 0 Å². The predicted octanol–water partition coefficient (Wildman–Crippen LogP) is 1.09. The molecule has 0 aromatic rings. The van der Waals surface area contributed by atoms with Gasteiger partial charge in [-0.25, -0.2) is 0 Å². The van der Waals surface area contributed by atoms with Crippen molar-refractivity contribution in [2.45, 2.75) is 44.8 Å². The van der Waals surface area contributed by atoms with E-state index >= 15 is 0 Å². The van der Waals surface area contributed by atoms with Gasteiger partial charge in [-0.3, -0.25) is 4.79 Å². The fourth-order valence-electron chi connectivity index (χ4n) is 2.39. The normalized spacial score (nSPS) is 31.9. The molecule has 4 heteroatoms. The highest BCUT2D eigenvalue weighted by Crippen LogP contribution is 2.26. The molecule has 3 nitrogen and oxygen atoms in total. The first-order valence-corrected chi connectivity index (χ1v) is 6.98. The third-order valence-corrected chi connectivity index (χ3v) is 4.27. The smallest absolute Gasteiger partial charge is 0.240 e. The summed E-state index contributed by atoms with van der Waals surface area (Å²) in [5.41, 5.74) is 0. The molecule has 2 saturated heterocycles. The van der Waals surface area contributed by atoms with Crippen molar-refractivity contribution in [3.05, 3.63) is 0 Å². The lowest BCUT2D eigenvalue weighted by Gasteiger charge is -2.24. The topological polar surface area (TPSA) is 32.3 Å². The number of nitrogens with one attached hydrogen (secondary N) is 1. The SMILES string of the molecule is CC(C)NC1CCN(C2CCSC2)C1=O. The Kier molecular flexibility index (Phi) is 3.57. The monoisotopic (exact) mass is 228 g/mol. The molecule has 86 valence electrons. The quantitative estimate of drug-likeness (QED) is 0.785. The van der Waals surface area contributed by atoms with Crippen LogP contribution in [0.5, 0.6) is 0 Å². The number of amides is 1. The highest BCUT2D eigenvalue weighted by Gasteiger charge is 2.36. The van der Waals surface area contributed by atoms with Crippen molar-refractivity contribution in [2.75, 3.05) is 18.1 Å². The first-order chi connectivity index (χ1) is 7.18. The van der Waals surface area contributed by atoms with Gasteiger partial charge in [0.1, 0.15) is 0 Å². The summed E-state index contributed by atoms with van der Waals surface area (Å²) >= 11 is 1.97. The molecular weight excluding hydrogens is 208 g/mol. The lowest BCUT2D eigenvalue weighted by atomic mass is 10.2. The molecule has 0 spiro atoms. The van der Waals surface area contributed by atoms with Crippen LogP contribution in [0.3, 0.4) is 0 Å². The van der Waals surface area contributed by atoms with E-state index in [4.69, 9.17) is 0 Å². The highest BCUT2D eigenvalue weighted by molar-refractivity contribution is 7.99. The summed E-state index contributed by atoms with van der Waals surface area (Å²) in [4.78, 5) is 14.2. The van der Waals surface area contributed by atoms with E-state index in [1.807, 2.05) is 11.8 Å². The van der Waals surface area contributed by atoms with Gasteiger partial charge >= 0.3 is 0 Å². The van der Waals surface area contributed by atoms with Crippen LogP contribution in [0, 0.1) is 0 Å². The van der Waals surface area contributed by atoms with E-state index in [-0.39, 0.29) is 6.04 Å². The molecule has 0 aromatic carbocycles. The van der Waals surface area contributed by atoms with Crippen LogP contribution in [0.1, 0.15) is 26.7 Å². The third kappa shape index (κ3) is 2.48. The van der Waals surface area contributed by atoms with E-state index in [2.05, 4.69) is 24.1 Å². The first-order valence-electron chi connectivity index (χ1n) is 5.82. The Hall–Kier alpha value is -0.220. The summed E-state index contributed by atoms with van der Waals surface area (Å²) in [7, 11) is 0. The van der Waals surface area contributed by atoms with Gasteiger partial charge in [0, 0.05) is 24.4 Å². The Bertz CT molecular complexity index is 239. The van der Waals surface area contributed by atoms with Crippen LogP contribution in [0.4, 0.5) is 0 Å². The Morgan fingerprint density at radius 3 is 2.87 bits per heavy atom. The highest BCUT2D eigenvalue weighted by atomic mass is 32.2. The first kappa shape index (κ1) is 11.3. The van der Waals surface area contributed by atoms with E-state index in [1.165, 1.54) is 12.2 Å². The van der Waals surface area contributed by atoms with Crippen molar-refractivity contribution >= 4 is 17.7 Å². The molecule has 2 rings (SSSR count). The molecule has 2 aliphatic rings. The van der Waals surface area contributed by atoms with E-state index in [0.29, 0.717) is 18.0 Å². The number of likely N-dealkylation sites (tertiary alicyclic amines) is 1. The maximum atomic E-state index is 12.1. The van der Waals surface area contributed by atoms with Gasteiger partial charge in [0.15, 0.2) is 0 Å². The molecule has 2 unspecified atom stereocenters. The molecule has 1 N–H and O–H groups in total. The van der Waals surface area contributed by atoms with Crippen LogP contribution in [-0.4, -0.2) is 47.0 Å². The summed E-state index contributed by atoms with van der Waals surface area (Å²) in [6.45, 7) is 5.15. The van der Waals surface area contributed by atoms with Crippen molar-refractivity contribution in [1.29, 1.82) is 0 Å². The summed E-state index contributed by atoms with van der Waals surface area (Å²) in [5.74, 6) is 2.69. The Balaban J connectivity index is 1.91.